The summed E-state index contributed by atoms with van der Waals surface area (Å²) in [5.74, 6) is 0.0594. The number of hydrogen-bond donors (Lipinski definition) is 1. The molecule has 4 heteroatoms. The third kappa shape index (κ3) is 5.91. The SMILES string of the molecule is CC(=O)c1cccc(COCCOCCCO)c1. The maximum Gasteiger partial charge on any atom is 0.159 e. The number of benzene rings is 1. The normalized spacial score (nSPS) is 10.6. The Morgan fingerprint density at radius 1 is 1.22 bits per heavy atom. The molecular formula is C14H20O4. The summed E-state index contributed by atoms with van der Waals surface area (Å²) in [6, 6.07) is 7.42. The molecule has 1 aromatic carbocycles. The van der Waals surface area contributed by atoms with Crippen LogP contribution in [0.5, 0.6) is 0 Å². The second-order valence-corrected chi connectivity index (χ2v) is 4.00. The standard InChI is InChI=1S/C14H20O4/c1-12(16)14-5-2-4-13(10-14)11-18-9-8-17-7-3-6-15/h2,4-5,10,15H,3,6-9,11H2,1H3. The summed E-state index contributed by atoms with van der Waals surface area (Å²) in [5, 5.41) is 8.55. The molecule has 4 nitrogen and oxygen atoms in total. The average Bonchev–Trinajstić information content (AvgIpc) is 2.38. The number of ketones is 1. The predicted octanol–water partition coefficient (Wildman–Crippen LogP) is 1.80. The zero-order chi connectivity index (χ0) is 13.2. The van der Waals surface area contributed by atoms with E-state index in [1.54, 1.807) is 13.0 Å². The molecule has 1 rings (SSSR count). The molecule has 0 radical (unpaired) electrons. The minimum atomic E-state index is 0.0594. The van der Waals surface area contributed by atoms with E-state index in [9.17, 15) is 4.79 Å². The Morgan fingerprint density at radius 2 is 2.00 bits per heavy atom. The largest absolute Gasteiger partial charge is 0.396 e. The van der Waals surface area contributed by atoms with Gasteiger partial charge < -0.3 is 14.6 Å². The van der Waals surface area contributed by atoms with Crippen LogP contribution in [0.2, 0.25) is 0 Å². The van der Waals surface area contributed by atoms with E-state index in [0.29, 0.717) is 38.4 Å². The Morgan fingerprint density at radius 3 is 2.72 bits per heavy atom. The molecule has 1 aromatic rings. The zero-order valence-electron chi connectivity index (χ0n) is 10.7. The van der Waals surface area contributed by atoms with E-state index in [2.05, 4.69) is 0 Å². The topological polar surface area (TPSA) is 55.8 Å². The first-order valence-electron chi connectivity index (χ1n) is 6.10. The first-order chi connectivity index (χ1) is 8.74. The third-order valence-electron chi connectivity index (χ3n) is 2.42. The number of hydrogen-bond acceptors (Lipinski definition) is 4. The van der Waals surface area contributed by atoms with Crippen LogP contribution < -0.4 is 0 Å². The summed E-state index contributed by atoms with van der Waals surface area (Å²) < 4.78 is 10.7. The van der Waals surface area contributed by atoms with Gasteiger partial charge in [0.25, 0.3) is 0 Å². The van der Waals surface area contributed by atoms with Crippen molar-refractivity contribution in [3.63, 3.8) is 0 Å². The Bertz CT molecular complexity index is 363. The second-order valence-electron chi connectivity index (χ2n) is 4.00. The Hall–Kier alpha value is -1.23. The van der Waals surface area contributed by atoms with Crippen LogP contribution in [0.4, 0.5) is 0 Å². The van der Waals surface area contributed by atoms with Crippen molar-refractivity contribution in [2.75, 3.05) is 26.4 Å². The molecular weight excluding hydrogens is 232 g/mol. The van der Waals surface area contributed by atoms with Crippen molar-refractivity contribution >= 4 is 5.78 Å². The number of carbonyl (C=O) groups is 1. The van der Waals surface area contributed by atoms with Crippen LogP contribution in [0.1, 0.15) is 29.3 Å². The highest BCUT2D eigenvalue weighted by Gasteiger charge is 2.00. The van der Waals surface area contributed by atoms with Gasteiger partial charge in [0.15, 0.2) is 5.78 Å². The van der Waals surface area contributed by atoms with Gasteiger partial charge in [-0.2, -0.15) is 0 Å². The number of ether oxygens (including phenoxy) is 2. The monoisotopic (exact) mass is 252 g/mol. The van der Waals surface area contributed by atoms with E-state index >= 15 is 0 Å². The summed E-state index contributed by atoms with van der Waals surface area (Å²) >= 11 is 0. The fourth-order valence-corrected chi connectivity index (χ4v) is 1.46. The lowest BCUT2D eigenvalue weighted by molar-refractivity contribution is 0.0360. The number of carbonyl (C=O) groups excluding carboxylic acids is 1. The number of aliphatic hydroxyl groups is 1. The molecule has 0 unspecified atom stereocenters. The molecule has 0 saturated heterocycles. The number of aliphatic hydroxyl groups excluding tert-OH is 1. The molecule has 0 heterocycles. The molecule has 0 amide bonds. The van der Waals surface area contributed by atoms with Crippen LogP contribution in [0.3, 0.4) is 0 Å². The highest BCUT2D eigenvalue weighted by molar-refractivity contribution is 5.94. The van der Waals surface area contributed by atoms with Gasteiger partial charge in [-0.1, -0.05) is 18.2 Å². The van der Waals surface area contributed by atoms with E-state index in [1.807, 2.05) is 18.2 Å². The molecule has 0 aliphatic heterocycles. The Balaban J connectivity index is 2.19. The van der Waals surface area contributed by atoms with Crippen LogP contribution >= 0.6 is 0 Å². The van der Waals surface area contributed by atoms with Gasteiger partial charge >= 0.3 is 0 Å². The smallest absolute Gasteiger partial charge is 0.159 e. The summed E-state index contributed by atoms with van der Waals surface area (Å²) in [6.45, 7) is 3.76. The van der Waals surface area contributed by atoms with Crippen molar-refractivity contribution in [1.29, 1.82) is 0 Å². The van der Waals surface area contributed by atoms with Crippen LogP contribution in [0.15, 0.2) is 24.3 Å². The summed E-state index contributed by atoms with van der Waals surface area (Å²) in [5.41, 5.74) is 1.69. The first-order valence-corrected chi connectivity index (χ1v) is 6.10. The molecule has 0 saturated carbocycles. The third-order valence-corrected chi connectivity index (χ3v) is 2.42. The molecule has 0 aliphatic rings. The molecule has 0 aromatic heterocycles. The molecule has 100 valence electrons. The van der Waals surface area contributed by atoms with Gasteiger partial charge in [-0.3, -0.25) is 4.79 Å². The van der Waals surface area contributed by atoms with Crippen molar-refractivity contribution in [2.24, 2.45) is 0 Å². The molecule has 1 N–H and O–H groups in total. The predicted molar refractivity (Wildman–Crippen MR) is 68.6 cm³/mol. The maximum atomic E-state index is 11.2. The summed E-state index contributed by atoms with van der Waals surface area (Å²) in [6.07, 6.45) is 0.653. The minimum absolute atomic E-state index is 0.0594. The van der Waals surface area contributed by atoms with Crippen molar-refractivity contribution in [3.8, 4) is 0 Å². The van der Waals surface area contributed by atoms with Crippen molar-refractivity contribution < 1.29 is 19.4 Å². The molecule has 0 atom stereocenters. The number of Topliss-reactive ketones (excluding diaryl/α,β-unsaturated/α-hetero) is 1. The Labute approximate surface area is 108 Å². The van der Waals surface area contributed by atoms with E-state index < -0.39 is 0 Å². The van der Waals surface area contributed by atoms with Crippen molar-refractivity contribution in [3.05, 3.63) is 35.4 Å². The van der Waals surface area contributed by atoms with Crippen LogP contribution in [-0.2, 0) is 16.1 Å². The second kappa shape index (κ2) is 8.80. The highest BCUT2D eigenvalue weighted by Crippen LogP contribution is 2.07. The van der Waals surface area contributed by atoms with Gasteiger partial charge in [0.1, 0.15) is 0 Å². The van der Waals surface area contributed by atoms with Gasteiger partial charge in [-0.25, -0.2) is 0 Å². The van der Waals surface area contributed by atoms with E-state index in [0.717, 1.165) is 5.56 Å². The van der Waals surface area contributed by atoms with Gasteiger partial charge in [0.2, 0.25) is 0 Å². The molecule has 0 bridgehead atoms. The highest BCUT2D eigenvalue weighted by atomic mass is 16.5. The summed E-state index contributed by atoms with van der Waals surface area (Å²) in [4.78, 5) is 11.2. The lowest BCUT2D eigenvalue weighted by Crippen LogP contribution is -2.06. The quantitative estimate of drug-likeness (QED) is 0.538. The van der Waals surface area contributed by atoms with Gasteiger partial charge in [-0.15, -0.1) is 0 Å². The molecule has 18 heavy (non-hydrogen) atoms. The number of rotatable bonds is 9. The van der Waals surface area contributed by atoms with Crippen molar-refractivity contribution in [2.45, 2.75) is 20.0 Å². The van der Waals surface area contributed by atoms with E-state index in [1.165, 1.54) is 0 Å². The maximum absolute atomic E-state index is 11.2. The molecule has 0 spiro atoms. The van der Waals surface area contributed by atoms with Crippen molar-refractivity contribution in [1.82, 2.24) is 0 Å². The zero-order valence-corrected chi connectivity index (χ0v) is 10.7. The van der Waals surface area contributed by atoms with Crippen LogP contribution in [0.25, 0.3) is 0 Å². The summed E-state index contributed by atoms with van der Waals surface area (Å²) in [7, 11) is 0. The van der Waals surface area contributed by atoms with Gasteiger partial charge in [-0.05, 0) is 25.0 Å². The van der Waals surface area contributed by atoms with Crippen LogP contribution in [0, 0.1) is 0 Å². The fraction of sp³-hybridized carbons (Fsp3) is 0.500. The van der Waals surface area contributed by atoms with Gasteiger partial charge in [0, 0.05) is 18.8 Å². The minimum Gasteiger partial charge on any atom is -0.396 e. The lowest BCUT2D eigenvalue weighted by Gasteiger charge is -2.06. The molecule has 0 aliphatic carbocycles. The van der Waals surface area contributed by atoms with Crippen LogP contribution in [-0.4, -0.2) is 37.3 Å². The fourth-order valence-electron chi connectivity index (χ4n) is 1.46. The van der Waals surface area contributed by atoms with E-state index in [4.69, 9.17) is 14.6 Å². The molecule has 0 fully saturated rings. The average molecular weight is 252 g/mol. The lowest BCUT2D eigenvalue weighted by atomic mass is 10.1. The first kappa shape index (κ1) is 14.8. The Kier molecular flexibility index (Phi) is 7.25. The van der Waals surface area contributed by atoms with E-state index in [-0.39, 0.29) is 12.4 Å². The van der Waals surface area contributed by atoms with Gasteiger partial charge in [0.05, 0.1) is 19.8 Å².